The summed E-state index contributed by atoms with van der Waals surface area (Å²) in [5.41, 5.74) is -1.17. The van der Waals surface area contributed by atoms with Gasteiger partial charge in [-0.2, -0.15) is 13.2 Å². The van der Waals surface area contributed by atoms with Crippen molar-refractivity contribution in [2.24, 2.45) is 0 Å². The first-order valence-corrected chi connectivity index (χ1v) is 6.19. The summed E-state index contributed by atoms with van der Waals surface area (Å²) in [6, 6.07) is 1.64. The first-order chi connectivity index (χ1) is 9.74. The summed E-state index contributed by atoms with van der Waals surface area (Å²) in [5.74, 6) is -0.664. The zero-order chi connectivity index (χ0) is 16.0. The lowest BCUT2D eigenvalue weighted by Gasteiger charge is -2.12. The van der Waals surface area contributed by atoms with Gasteiger partial charge in [0.05, 0.1) is 22.9 Å². The minimum atomic E-state index is -4.55. The molecule has 5 nitrogen and oxygen atoms in total. The van der Waals surface area contributed by atoms with E-state index in [0.29, 0.717) is 6.07 Å². The Hall–Kier alpha value is -1.96. The van der Waals surface area contributed by atoms with Crippen LogP contribution in [0.15, 0.2) is 18.2 Å². The SMILES string of the molecule is CCOC(=O)CNC(=O)Nc1cc(C(F)(F)F)ccc1Cl. The van der Waals surface area contributed by atoms with Crippen LogP contribution in [-0.2, 0) is 15.7 Å². The second kappa shape index (κ2) is 7.16. The van der Waals surface area contributed by atoms with Crippen molar-refractivity contribution in [2.75, 3.05) is 18.5 Å². The topological polar surface area (TPSA) is 67.4 Å². The van der Waals surface area contributed by atoms with E-state index in [2.05, 4.69) is 15.4 Å². The van der Waals surface area contributed by atoms with Gasteiger partial charge in [0, 0.05) is 0 Å². The van der Waals surface area contributed by atoms with E-state index in [4.69, 9.17) is 11.6 Å². The number of carbonyl (C=O) groups excluding carboxylic acids is 2. The molecule has 0 heterocycles. The Labute approximate surface area is 123 Å². The van der Waals surface area contributed by atoms with Crippen LogP contribution in [0.2, 0.25) is 5.02 Å². The lowest BCUT2D eigenvalue weighted by molar-refractivity contribution is -0.141. The Morgan fingerprint density at radius 2 is 2.00 bits per heavy atom. The Bertz CT molecular complexity index is 535. The van der Waals surface area contributed by atoms with E-state index in [1.807, 2.05) is 0 Å². The first-order valence-electron chi connectivity index (χ1n) is 5.81. The molecule has 21 heavy (non-hydrogen) atoms. The Morgan fingerprint density at radius 3 is 2.57 bits per heavy atom. The standard InChI is InChI=1S/C12H12ClF3N2O3/c1-2-21-10(19)6-17-11(20)18-9-5-7(12(14,15)16)3-4-8(9)13/h3-5H,2,6H2,1H3,(H2,17,18,20). The number of alkyl halides is 3. The molecule has 0 aliphatic heterocycles. The Kier molecular flexibility index (Phi) is 5.83. The number of esters is 1. The Balaban J connectivity index is 2.69. The molecule has 1 rings (SSSR count). The molecule has 0 bridgehead atoms. The molecular weight excluding hydrogens is 313 g/mol. The van der Waals surface area contributed by atoms with E-state index in [1.165, 1.54) is 0 Å². The van der Waals surface area contributed by atoms with Gasteiger partial charge < -0.3 is 15.4 Å². The van der Waals surface area contributed by atoms with Crippen molar-refractivity contribution in [3.8, 4) is 0 Å². The lowest BCUT2D eigenvalue weighted by atomic mass is 10.2. The summed E-state index contributed by atoms with van der Waals surface area (Å²) < 4.78 is 42.2. The minimum Gasteiger partial charge on any atom is -0.465 e. The number of nitrogens with one attached hydrogen (secondary N) is 2. The molecular formula is C12H12ClF3N2O3. The summed E-state index contributed by atoms with van der Waals surface area (Å²) >= 11 is 5.70. The van der Waals surface area contributed by atoms with Gasteiger partial charge in [0.2, 0.25) is 0 Å². The maximum atomic E-state index is 12.5. The van der Waals surface area contributed by atoms with Crippen molar-refractivity contribution < 1.29 is 27.5 Å². The smallest absolute Gasteiger partial charge is 0.416 e. The number of hydrogen-bond donors (Lipinski definition) is 2. The highest BCUT2D eigenvalue weighted by molar-refractivity contribution is 6.33. The molecule has 2 amide bonds. The van der Waals surface area contributed by atoms with E-state index in [9.17, 15) is 22.8 Å². The molecule has 1 aromatic carbocycles. The van der Waals surface area contributed by atoms with Crippen molar-refractivity contribution in [3.63, 3.8) is 0 Å². The van der Waals surface area contributed by atoms with Gasteiger partial charge >= 0.3 is 18.2 Å². The fourth-order valence-electron chi connectivity index (χ4n) is 1.33. The van der Waals surface area contributed by atoms with E-state index < -0.39 is 30.3 Å². The average Bonchev–Trinajstić information content (AvgIpc) is 2.38. The third-order valence-electron chi connectivity index (χ3n) is 2.24. The van der Waals surface area contributed by atoms with Crippen LogP contribution in [0.25, 0.3) is 0 Å². The summed E-state index contributed by atoms with van der Waals surface area (Å²) in [7, 11) is 0. The van der Waals surface area contributed by atoms with Crippen LogP contribution in [0.3, 0.4) is 0 Å². The highest BCUT2D eigenvalue weighted by Crippen LogP contribution is 2.33. The largest absolute Gasteiger partial charge is 0.465 e. The van der Waals surface area contributed by atoms with Crippen LogP contribution in [0, 0.1) is 0 Å². The third-order valence-corrected chi connectivity index (χ3v) is 2.57. The second-order valence-electron chi connectivity index (χ2n) is 3.81. The zero-order valence-electron chi connectivity index (χ0n) is 10.9. The molecule has 116 valence electrons. The summed E-state index contributed by atoms with van der Waals surface area (Å²) in [5, 5.41) is 4.21. The fraction of sp³-hybridized carbons (Fsp3) is 0.333. The second-order valence-corrected chi connectivity index (χ2v) is 4.21. The third kappa shape index (κ3) is 5.50. The van der Waals surface area contributed by atoms with Gasteiger partial charge in [-0.25, -0.2) is 4.79 Å². The number of carbonyl (C=O) groups is 2. The van der Waals surface area contributed by atoms with E-state index in [-0.39, 0.29) is 17.3 Å². The molecule has 0 unspecified atom stereocenters. The van der Waals surface area contributed by atoms with Gasteiger partial charge in [-0.3, -0.25) is 4.79 Å². The molecule has 0 aliphatic carbocycles. The van der Waals surface area contributed by atoms with E-state index in [1.54, 1.807) is 6.92 Å². The van der Waals surface area contributed by atoms with Crippen LogP contribution in [0.1, 0.15) is 12.5 Å². The van der Waals surface area contributed by atoms with Gasteiger partial charge in [0.1, 0.15) is 6.54 Å². The summed E-state index contributed by atoms with van der Waals surface area (Å²) in [6.45, 7) is 1.35. The predicted octanol–water partition coefficient (Wildman–Crippen LogP) is 3.04. The molecule has 0 aliphatic rings. The number of anilines is 1. The molecule has 0 spiro atoms. The zero-order valence-corrected chi connectivity index (χ0v) is 11.6. The molecule has 0 atom stereocenters. The van der Waals surface area contributed by atoms with E-state index in [0.717, 1.165) is 12.1 Å². The predicted molar refractivity (Wildman–Crippen MR) is 70.1 cm³/mol. The number of benzene rings is 1. The first kappa shape index (κ1) is 17.1. The minimum absolute atomic E-state index is 0.0608. The van der Waals surface area contributed by atoms with Crippen molar-refractivity contribution in [1.82, 2.24) is 5.32 Å². The van der Waals surface area contributed by atoms with Crippen LogP contribution < -0.4 is 10.6 Å². The van der Waals surface area contributed by atoms with Gasteiger partial charge in [0.25, 0.3) is 0 Å². The molecule has 0 fully saturated rings. The number of urea groups is 1. The number of amides is 2. The molecule has 0 aromatic heterocycles. The highest BCUT2D eigenvalue weighted by atomic mass is 35.5. The monoisotopic (exact) mass is 324 g/mol. The normalized spacial score (nSPS) is 10.9. The highest BCUT2D eigenvalue weighted by Gasteiger charge is 2.31. The van der Waals surface area contributed by atoms with Crippen molar-refractivity contribution in [2.45, 2.75) is 13.1 Å². The maximum absolute atomic E-state index is 12.5. The molecule has 0 radical (unpaired) electrons. The van der Waals surface area contributed by atoms with Crippen molar-refractivity contribution >= 4 is 29.3 Å². The number of halogens is 4. The van der Waals surface area contributed by atoms with E-state index >= 15 is 0 Å². The van der Waals surface area contributed by atoms with Crippen LogP contribution in [-0.4, -0.2) is 25.2 Å². The summed E-state index contributed by atoms with van der Waals surface area (Å²) in [6.07, 6.45) is -4.55. The van der Waals surface area contributed by atoms with Gasteiger partial charge in [0.15, 0.2) is 0 Å². The van der Waals surface area contributed by atoms with Crippen LogP contribution in [0.5, 0.6) is 0 Å². The average molecular weight is 325 g/mol. The van der Waals surface area contributed by atoms with Crippen molar-refractivity contribution in [1.29, 1.82) is 0 Å². The number of hydrogen-bond acceptors (Lipinski definition) is 3. The van der Waals surface area contributed by atoms with Crippen LogP contribution in [0.4, 0.5) is 23.7 Å². The maximum Gasteiger partial charge on any atom is 0.416 e. The Morgan fingerprint density at radius 1 is 1.33 bits per heavy atom. The molecule has 0 saturated heterocycles. The molecule has 2 N–H and O–H groups in total. The van der Waals surface area contributed by atoms with Crippen molar-refractivity contribution in [3.05, 3.63) is 28.8 Å². The molecule has 9 heteroatoms. The van der Waals surface area contributed by atoms with Gasteiger partial charge in [-0.1, -0.05) is 11.6 Å². The lowest BCUT2D eigenvalue weighted by Crippen LogP contribution is -2.34. The number of rotatable bonds is 4. The fourth-order valence-corrected chi connectivity index (χ4v) is 1.49. The van der Waals surface area contributed by atoms with Crippen LogP contribution >= 0.6 is 11.6 Å². The molecule has 0 saturated carbocycles. The van der Waals surface area contributed by atoms with Gasteiger partial charge in [-0.15, -0.1) is 0 Å². The number of ether oxygens (including phenoxy) is 1. The van der Waals surface area contributed by atoms with Gasteiger partial charge in [-0.05, 0) is 25.1 Å². The molecule has 1 aromatic rings. The summed E-state index contributed by atoms with van der Waals surface area (Å²) in [4.78, 5) is 22.5. The quantitative estimate of drug-likeness (QED) is 0.837.